The zero-order valence-electron chi connectivity index (χ0n) is 16.2. The molecular weight excluding hydrogens is 416 g/mol. The standard InChI is InChI=1S/C19H25BrN2O5/c1-6-27-17(23)15-10-12-9-13(26-5)11-14(20)16(12)21(15)7-8-22(18(24)25)19(2,3)4/h9-11H,6-8H2,1-5H3,(H,24,25). The molecule has 1 aromatic carbocycles. The Bertz CT molecular complexity index is 854. The monoisotopic (exact) mass is 440 g/mol. The van der Waals surface area contributed by atoms with Gasteiger partial charge in [-0.05, 0) is 61.8 Å². The number of hydrogen-bond donors (Lipinski definition) is 1. The molecule has 0 atom stereocenters. The lowest BCUT2D eigenvalue weighted by molar-refractivity contribution is 0.0513. The Morgan fingerprint density at radius 2 is 1.93 bits per heavy atom. The number of benzene rings is 1. The quantitative estimate of drug-likeness (QED) is 0.674. The van der Waals surface area contributed by atoms with Crippen LogP contribution in [-0.4, -0.2) is 52.4 Å². The molecule has 27 heavy (non-hydrogen) atoms. The maximum absolute atomic E-state index is 12.5. The molecule has 1 amide bonds. The highest BCUT2D eigenvalue weighted by Gasteiger charge is 2.27. The summed E-state index contributed by atoms with van der Waals surface area (Å²) in [7, 11) is 1.57. The van der Waals surface area contributed by atoms with E-state index in [2.05, 4.69) is 15.9 Å². The first-order valence-electron chi connectivity index (χ1n) is 8.64. The summed E-state index contributed by atoms with van der Waals surface area (Å²) in [5.74, 6) is 0.209. The second-order valence-corrected chi connectivity index (χ2v) is 7.91. The van der Waals surface area contributed by atoms with Crippen LogP contribution in [0.5, 0.6) is 5.75 Å². The second kappa shape index (κ2) is 8.21. The van der Waals surface area contributed by atoms with E-state index in [0.29, 0.717) is 18.0 Å². The van der Waals surface area contributed by atoms with Gasteiger partial charge in [0, 0.05) is 28.5 Å². The first kappa shape index (κ1) is 21.1. The summed E-state index contributed by atoms with van der Waals surface area (Å²) in [6.45, 7) is 8.05. The summed E-state index contributed by atoms with van der Waals surface area (Å²) in [4.78, 5) is 25.4. The van der Waals surface area contributed by atoms with E-state index in [-0.39, 0.29) is 13.2 Å². The zero-order valence-corrected chi connectivity index (χ0v) is 17.8. The average molecular weight is 441 g/mol. The van der Waals surface area contributed by atoms with Crippen molar-refractivity contribution in [3.8, 4) is 5.75 Å². The largest absolute Gasteiger partial charge is 0.497 e. The fourth-order valence-corrected chi connectivity index (χ4v) is 3.65. The molecule has 0 spiro atoms. The molecule has 0 saturated carbocycles. The number of halogens is 1. The zero-order chi connectivity index (χ0) is 20.4. The van der Waals surface area contributed by atoms with E-state index in [1.165, 1.54) is 4.90 Å². The number of carboxylic acid groups (broad SMARTS) is 1. The Kier molecular flexibility index (Phi) is 6.41. The summed E-state index contributed by atoms with van der Waals surface area (Å²) in [6.07, 6.45) is -1.00. The number of rotatable bonds is 6. The number of nitrogens with zero attached hydrogens (tertiary/aromatic N) is 2. The van der Waals surface area contributed by atoms with Crippen molar-refractivity contribution in [3.05, 3.63) is 28.4 Å². The molecule has 0 saturated heterocycles. The fraction of sp³-hybridized carbons (Fsp3) is 0.474. The highest BCUT2D eigenvalue weighted by atomic mass is 79.9. The normalized spacial score (nSPS) is 11.5. The van der Waals surface area contributed by atoms with E-state index in [4.69, 9.17) is 9.47 Å². The van der Waals surface area contributed by atoms with Crippen LogP contribution in [0.3, 0.4) is 0 Å². The summed E-state index contributed by atoms with van der Waals surface area (Å²) in [5, 5.41) is 10.3. The van der Waals surface area contributed by atoms with Gasteiger partial charge in [0.25, 0.3) is 0 Å². The molecule has 1 aromatic heterocycles. The van der Waals surface area contributed by atoms with Gasteiger partial charge in [-0.25, -0.2) is 9.59 Å². The molecule has 0 unspecified atom stereocenters. The van der Waals surface area contributed by atoms with Crippen molar-refractivity contribution in [1.29, 1.82) is 0 Å². The van der Waals surface area contributed by atoms with Gasteiger partial charge in [0.05, 0.1) is 19.2 Å². The number of amides is 1. The van der Waals surface area contributed by atoms with Gasteiger partial charge in [0.15, 0.2) is 0 Å². The third-order valence-corrected chi connectivity index (χ3v) is 4.83. The number of carbonyl (C=O) groups excluding carboxylic acids is 1. The van der Waals surface area contributed by atoms with E-state index in [1.54, 1.807) is 24.7 Å². The lowest BCUT2D eigenvalue weighted by Gasteiger charge is -2.33. The Morgan fingerprint density at radius 3 is 2.44 bits per heavy atom. The number of carbonyl (C=O) groups is 2. The SMILES string of the molecule is CCOC(=O)c1cc2cc(OC)cc(Br)c2n1CCN(C(=O)O)C(C)(C)C. The molecule has 0 fully saturated rings. The Hall–Kier alpha value is -2.22. The molecule has 1 heterocycles. The Labute approximate surface area is 167 Å². The molecule has 2 rings (SSSR count). The van der Waals surface area contributed by atoms with Crippen LogP contribution in [0.4, 0.5) is 4.79 Å². The van der Waals surface area contributed by atoms with Crippen LogP contribution >= 0.6 is 15.9 Å². The van der Waals surface area contributed by atoms with Crippen LogP contribution in [0, 0.1) is 0 Å². The highest BCUT2D eigenvalue weighted by molar-refractivity contribution is 9.10. The van der Waals surface area contributed by atoms with E-state index in [9.17, 15) is 14.7 Å². The molecular formula is C19H25BrN2O5. The lowest BCUT2D eigenvalue weighted by Crippen LogP contribution is -2.46. The van der Waals surface area contributed by atoms with Crippen molar-refractivity contribution >= 4 is 38.9 Å². The Morgan fingerprint density at radius 1 is 1.26 bits per heavy atom. The first-order valence-corrected chi connectivity index (χ1v) is 9.44. The maximum atomic E-state index is 12.5. The van der Waals surface area contributed by atoms with Crippen molar-refractivity contribution in [2.24, 2.45) is 0 Å². The van der Waals surface area contributed by atoms with Crippen LogP contribution in [0.2, 0.25) is 0 Å². The van der Waals surface area contributed by atoms with Gasteiger partial charge in [-0.3, -0.25) is 0 Å². The lowest BCUT2D eigenvalue weighted by atomic mass is 10.1. The van der Waals surface area contributed by atoms with Gasteiger partial charge in [0.1, 0.15) is 11.4 Å². The summed E-state index contributed by atoms with van der Waals surface area (Å²) < 4.78 is 13.0. The van der Waals surface area contributed by atoms with E-state index < -0.39 is 17.6 Å². The molecule has 0 radical (unpaired) electrons. The minimum Gasteiger partial charge on any atom is -0.497 e. The molecule has 8 heteroatoms. The van der Waals surface area contributed by atoms with Crippen molar-refractivity contribution in [2.75, 3.05) is 20.3 Å². The van der Waals surface area contributed by atoms with Crippen LogP contribution < -0.4 is 4.74 Å². The highest BCUT2D eigenvalue weighted by Crippen LogP contribution is 2.32. The van der Waals surface area contributed by atoms with Crippen LogP contribution in [0.25, 0.3) is 10.9 Å². The second-order valence-electron chi connectivity index (χ2n) is 7.05. The van der Waals surface area contributed by atoms with Crippen LogP contribution in [0.1, 0.15) is 38.2 Å². The van der Waals surface area contributed by atoms with Crippen molar-refractivity contribution in [1.82, 2.24) is 9.47 Å². The fourth-order valence-electron chi connectivity index (χ4n) is 2.98. The molecule has 1 N–H and O–H groups in total. The molecule has 0 aliphatic rings. The van der Waals surface area contributed by atoms with Crippen molar-refractivity contribution in [2.45, 2.75) is 39.8 Å². The smallest absolute Gasteiger partial charge is 0.407 e. The van der Waals surface area contributed by atoms with Gasteiger partial charge in [-0.15, -0.1) is 0 Å². The summed E-state index contributed by atoms with van der Waals surface area (Å²) in [6, 6.07) is 5.38. The van der Waals surface area contributed by atoms with Crippen LogP contribution in [0.15, 0.2) is 22.7 Å². The predicted molar refractivity (Wildman–Crippen MR) is 107 cm³/mol. The molecule has 2 aromatic rings. The summed E-state index contributed by atoms with van der Waals surface area (Å²) in [5.41, 5.74) is 0.609. The minimum absolute atomic E-state index is 0.230. The molecule has 7 nitrogen and oxygen atoms in total. The van der Waals surface area contributed by atoms with Crippen LogP contribution in [-0.2, 0) is 11.3 Å². The van der Waals surface area contributed by atoms with Crippen molar-refractivity contribution < 1.29 is 24.2 Å². The van der Waals surface area contributed by atoms with E-state index in [0.717, 1.165) is 15.4 Å². The molecule has 0 bridgehead atoms. The maximum Gasteiger partial charge on any atom is 0.407 e. The predicted octanol–water partition coefficient (Wildman–Crippen LogP) is 4.37. The minimum atomic E-state index is -1.00. The summed E-state index contributed by atoms with van der Waals surface area (Å²) >= 11 is 3.53. The van der Waals surface area contributed by atoms with E-state index in [1.807, 2.05) is 32.9 Å². The molecule has 148 valence electrons. The van der Waals surface area contributed by atoms with E-state index >= 15 is 0 Å². The van der Waals surface area contributed by atoms with Gasteiger partial charge in [-0.2, -0.15) is 0 Å². The number of fused-ring (bicyclic) bond motifs is 1. The van der Waals surface area contributed by atoms with Gasteiger partial charge >= 0.3 is 12.1 Å². The third-order valence-electron chi connectivity index (χ3n) is 4.23. The average Bonchev–Trinajstić information content (AvgIpc) is 2.92. The van der Waals surface area contributed by atoms with Gasteiger partial charge in [-0.1, -0.05) is 0 Å². The van der Waals surface area contributed by atoms with Gasteiger partial charge < -0.3 is 24.0 Å². The first-order chi connectivity index (χ1) is 12.6. The van der Waals surface area contributed by atoms with Gasteiger partial charge in [0.2, 0.25) is 0 Å². The topological polar surface area (TPSA) is 81.0 Å². The Balaban J connectivity index is 2.53. The number of aromatic nitrogens is 1. The third kappa shape index (κ3) is 4.55. The number of ether oxygens (including phenoxy) is 2. The number of methoxy groups -OCH3 is 1. The number of hydrogen-bond acceptors (Lipinski definition) is 4. The van der Waals surface area contributed by atoms with Crippen molar-refractivity contribution in [3.63, 3.8) is 0 Å². The number of esters is 1. The molecule has 0 aliphatic heterocycles. The molecule has 0 aliphatic carbocycles.